The zero-order valence-corrected chi connectivity index (χ0v) is 8.84. The Balaban J connectivity index is 2.28. The van der Waals surface area contributed by atoms with Crippen molar-refractivity contribution in [2.75, 3.05) is 0 Å². The Labute approximate surface area is 87.9 Å². The van der Waals surface area contributed by atoms with Crippen LogP contribution in [0.2, 0.25) is 0 Å². The van der Waals surface area contributed by atoms with Crippen molar-refractivity contribution in [3.8, 4) is 11.3 Å². The summed E-state index contributed by atoms with van der Waals surface area (Å²) in [5, 5.41) is 8.12. The minimum atomic E-state index is -0.132. The fraction of sp³-hybridized carbons (Fsp3) is 0.400. The molecule has 0 aromatic carbocycles. The number of aryl methyl sites for hydroxylation is 1. The molecule has 2 heterocycles. The van der Waals surface area contributed by atoms with E-state index in [0.29, 0.717) is 5.76 Å². The van der Waals surface area contributed by atoms with Gasteiger partial charge in [0.15, 0.2) is 5.76 Å². The smallest absolute Gasteiger partial charge is 0.153 e. The minimum Gasteiger partial charge on any atom is -0.359 e. The van der Waals surface area contributed by atoms with Gasteiger partial charge in [-0.2, -0.15) is 5.10 Å². The Bertz CT molecular complexity index is 444. The fourth-order valence-corrected chi connectivity index (χ4v) is 1.31. The summed E-state index contributed by atoms with van der Waals surface area (Å²) in [6.07, 6.45) is 3.70. The summed E-state index contributed by atoms with van der Waals surface area (Å²) in [7, 11) is 0. The number of hydrogen-bond donors (Lipinski definition) is 1. The monoisotopic (exact) mass is 206 g/mol. The van der Waals surface area contributed by atoms with E-state index in [-0.39, 0.29) is 6.04 Å². The van der Waals surface area contributed by atoms with E-state index in [1.165, 1.54) is 0 Å². The van der Waals surface area contributed by atoms with E-state index >= 15 is 0 Å². The summed E-state index contributed by atoms with van der Waals surface area (Å²) in [6, 6.07) is 1.72. The van der Waals surface area contributed by atoms with Crippen molar-refractivity contribution in [1.29, 1.82) is 0 Å². The SMILES string of the molecule is CCn1cc(-c2cc(C(C)N)on2)cn1. The number of nitrogens with two attached hydrogens (primary N) is 1. The molecule has 0 aliphatic carbocycles. The van der Waals surface area contributed by atoms with E-state index in [1.54, 1.807) is 6.20 Å². The average Bonchev–Trinajstić information content (AvgIpc) is 2.86. The lowest BCUT2D eigenvalue weighted by molar-refractivity contribution is 0.369. The minimum absolute atomic E-state index is 0.132. The van der Waals surface area contributed by atoms with Crippen LogP contribution >= 0.6 is 0 Å². The molecule has 0 saturated heterocycles. The van der Waals surface area contributed by atoms with Gasteiger partial charge < -0.3 is 10.3 Å². The van der Waals surface area contributed by atoms with Crippen molar-refractivity contribution in [2.45, 2.75) is 26.4 Å². The third kappa shape index (κ3) is 1.92. The first-order chi connectivity index (χ1) is 7.20. The molecule has 0 radical (unpaired) electrons. The van der Waals surface area contributed by atoms with Gasteiger partial charge in [-0.3, -0.25) is 4.68 Å². The van der Waals surface area contributed by atoms with E-state index in [2.05, 4.69) is 10.3 Å². The predicted octanol–water partition coefficient (Wildman–Crippen LogP) is 1.58. The van der Waals surface area contributed by atoms with Crippen molar-refractivity contribution in [2.24, 2.45) is 5.73 Å². The fourth-order valence-electron chi connectivity index (χ4n) is 1.31. The van der Waals surface area contributed by atoms with Crippen LogP contribution in [0.5, 0.6) is 0 Å². The van der Waals surface area contributed by atoms with Crippen LogP contribution in [0.15, 0.2) is 23.0 Å². The van der Waals surface area contributed by atoms with Gasteiger partial charge in [-0.05, 0) is 13.8 Å². The van der Waals surface area contributed by atoms with Crippen LogP contribution in [-0.2, 0) is 6.54 Å². The van der Waals surface area contributed by atoms with Gasteiger partial charge in [0, 0.05) is 24.4 Å². The predicted molar refractivity (Wildman–Crippen MR) is 56.0 cm³/mol. The maximum atomic E-state index is 5.68. The molecule has 1 atom stereocenters. The highest BCUT2D eigenvalue weighted by molar-refractivity contribution is 5.56. The van der Waals surface area contributed by atoms with Crippen LogP contribution in [0.4, 0.5) is 0 Å². The van der Waals surface area contributed by atoms with Gasteiger partial charge >= 0.3 is 0 Å². The summed E-state index contributed by atoms with van der Waals surface area (Å²) < 4.78 is 6.95. The molecular weight excluding hydrogens is 192 g/mol. The maximum Gasteiger partial charge on any atom is 0.153 e. The summed E-state index contributed by atoms with van der Waals surface area (Å²) in [5.74, 6) is 0.689. The van der Waals surface area contributed by atoms with Gasteiger partial charge in [-0.15, -0.1) is 0 Å². The molecule has 5 nitrogen and oxygen atoms in total. The largest absolute Gasteiger partial charge is 0.359 e. The molecule has 2 N–H and O–H groups in total. The van der Waals surface area contributed by atoms with E-state index < -0.39 is 0 Å². The molecular formula is C10H14N4O. The van der Waals surface area contributed by atoms with E-state index in [4.69, 9.17) is 10.3 Å². The third-order valence-electron chi connectivity index (χ3n) is 2.23. The molecule has 1 unspecified atom stereocenters. The molecule has 0 fully saturated rings. The first-order valence-electron chi connectivity index (χ1n) is 4.95. The van der Waals surface area contributed by atoms with Crippen molar-refractivity contribution in [3.63, 3.8) is 0 Å². The molecule has 0 aliphatic heterocycles. The summed E-state index contributed by atoms with van der Waals surface area (Å²) in [4.78, 5) is 0. The summed E-state index contributed by atoms with van der Waals surface area (Å²) >= 11 is 0. The van der Waals surface area contributed by atoms with Crippen LogP contribution in [-0.4, -0.2) is 14.9 Å². The molecule has 0 amide bonds. The lowest BCUT2D eigenvalue weighted by Crippen LogP contribution is -2.02. The van der Waals surface area contributed by atoms with Crippen molar-refractivity contribution in [1.82, 2.24) is 14.9 Å². The van der Waals surface area contributed by atoms with Gasteiger partial charge in [-0.1, -0.05) is 5.16 Å². The Morgan fingerprint density at radius 1 is 1.60 bits per heavy atom. The van der Waals surface area contributed by atoms with Gasteiger partial charge in [0.05, 0.1) is 12.2 Å². The molecule has 0 bridgehead atoms. The van der Waals surface area contributed by atoms with Crippen LogP contribution in [0, 0.1) is 0 Å². The highest BCUT2D eigenvalue weighted by atomic mass is 16.5. The molecule has 0 saturated carbocycles. The van der Waals surface area contributed by atoms with Crippen molar-refractivity contribution >= 4 is 0 Å². The molecule has 2 aromatic heterocycles. The van der Waals surface area contributed by atoms with E-state index in [9.17, 15) is 0 Å². The van der Waals surface area contributed by atoms with Crippen LogP contribution in [0.1, 0.15) is 25.6 Å². The van der Waals surface area contributed by atoms with E-state index in [0.717, 1.165) is 17.8 Å². The number of rotatable bonds is 3. The topological polar surface area (TPSA) is 69.9 Å². The first-order valence-corrected chi connectivity index (χ1v) is 4.95. The Kier molecular flexibility index (Phi) is 2.55. The Morgan fingerprint density at radius 3 is 2.93 bits per heavy atom. The van der Waals surface area contributed by atoms with Crippen LogP contribution < -0.4 is 5.73 Å². The van der Waals surface area contributed by atoms with Crippen LogP contribution in [0.25, 0.3) is 11.3 Å². The first kappa shape index (κ1) is 9.92. The lowest BCUT2D eigenvalue weighted by atomic mass is 10.2. The van der Waals surface area contributed by atoms with Crippen LogP contribution in [0.3, 0.4) is 0 Å². The number of aromatic nitrogens is 3. The highest BCUT2D eigenvalue weighted by Crippen LogP contribution is 2.20. The lowest BCUT2D eigenvalue weighted by Gasteiger charge is -1.94. The van der Waals surface area contributed by atoms with Gasteiger partial charge in [0.2, 0.25) is 0 Å². The molecule has 5 heteroatoms. The quantitative estimate of drug-likeness (QED) is 0.827. The molecule has 0 spiro atoms. The zero-order chi connectivity index (χ0) is 10.8. The van der Waals surface area contributed by atoms with Gasteiger partial charge in [-0.25, -0.2) is 0 Å². The molecule has 2 rings (SSSR count). The second-order valence-electron chi connectivity index (χ2n) is 3.49. The molecule has 80 valence electrons. The maximum absolute atomic E-state index is 5.68. The Hall–Kier alpha value is -1.62. The second kappa shape index (κ2) is 3.86. The summed E-state index contributed by atoms with van der Waals surface area (Å²) in [5.41, 5.74) is 7.41. The Morgan fingerprint density at radius 2 is 2.40 bits per heavy atom. The van der Waals surface area contributed by atoms with E-state index in [1.807, 2.05) is 30.8 Å². The standard InChI is InChI=1S/C10H14N4O/c1-3-14-6-8(5-12-14)9-4-10(7(2)11)15-13-9/h4-7H,3,11H2,1-2H3. The normalized spacial score (nSPS) is 13.0. The number of hydrogen-bond acceptors (Lipinski definition) is 4. The highest BCUT2D eigenvalue weighted by Gasteiger charge is 2.10. The van der Waals surface area contributed by atoms with Crippen molar-refractivity contribution < 1.29 is 4.52 Å². The average molecular weight is 206 g/mol. The summed E-state index contributed by atoms with van der Waals surface area (Å²) in [6.45, 7) is 4.74. The zero-order valence-electron chi connectivity index (χ0n) is 8.84. The van der Waals surface area contributed by atoms with Crippen molar-refractivity contribution in [3.05, 3.63) is 24.2 Å². The third-order valence-corrected chi connectivity index (χ3v) is 2.23. The molecule has 0 aliphatic rings. The van der Waals surface area contributed by atoms with Gasteiger partial charge in [0.25, 0.3) is 0 Å². The van der Waals surface area contributed by atoms with Gasteiger partial charge in [0.1, 0.15) is 5.69 Å². The molecule has 2 aromatic rings. The molecule has 15 heavy (non-hydrogen) atoms. The second-order valence-corrected chi connectivity index (χ2v) is 3.49. The number of nitrogens with zero attached hydrogens (tertiary/aromatic N) is 3.